The van der Waals surface area contributed by atoms with Crippen molar-refractivity contribution in [3.63, 3.8) is 0 Å². The Labute approximate surface area is 287 Å². The molecule has 0 spiro atoms. The Kier molecular flexibility index (Phi) is 7.10. The zero-order valence-corrected chi connectivity index (χ0v) is 27.6. The molecule has 0 aromatic heterocycles. The lowest BCUT2D eigenvalue weighted by molar-refractivity contribution is 0.719. The molecule has 232 valence electrons. The van der Waals surface area contributed by atoms with E-state index >= 15 is 0 Å². The minimum atomic E-state index is 0.678. The first-order valence-corrected chi connectivity index (χ1v) is 17.5. The van der Waals surface area contributed by atoms with Gasteiger partial charge in [-0.3, -0.25) is 0 Å². The van der Waals surface area contributed by atoms with Crippen LogP contribution in [0.15, 0.2) is 146 Å². The Morgan fingerprint density at radius 2 is 0.959 bits per heavy atom. The van der Waals surface area contributed by atoms with E-state index in [2.05, 4.69) is 146 Å². The van der Waals surface area contributed by atoms with Gasteiger partial charge in [-0.2, -0.15) is 5.26 Å². The predicted molar refractivity (Wildman–Crippen MR) is 208 cm³/mol. The number of nitrogens with zero attached hydrogens (tertiary/aromatic N) is 1. The van der Waals surface area contributed by atoms with Crippen molar-refractivity contribution in [2.75, 3.05) is 0 Å². The van der Waals surface area contributed by atoms with Crippen LogP contribution in [0.4, 0.5) is 0 Å². The third-order valence-corrected chi connectivity index (χ3v) is 10.4. The van der Waals surface area contributed by atoms with Crippen LogP contribution in [0.1, 0.15) is 37.3 Å². The first-order valence-electron chi connectivity index (χ1n) is 17.5. The molecule has 0 radical (unpaired) electrons. The van der Waals surface area contributed by atoms with Crippen LogP contribution in [-0.4, -0.2) is 0 Å². The first kappa shape index (κ1) is 29.2. The molecule has 49 heavy (non-hydrogen) atoms. The molecule has 0 aliphatic heterocycles. The van der Waals surface area contributed by atoms with Crippen molar-refractivity contribution in [1.29, 1.82) is 5.26 Å². The summed E-state index contributed by atoms with van der Waals surface area (Å²) in [5.41, 5.74) is 14.9. The molecule has 0 saturated heterocycles. The highest BCUT2D eigenvalue weighted by molar-refractivity contribution is 6.34. The fraction of sp³-hybridized carbons (Fsp3) is 0.104. The number of hydrogen-bond donors (Lipinski definition) is 0. The highest BCUT2D eigenvalue weighted by Gasteiger charge is 2.34. The average molecular weight is 626 g/mol. The van der Waals surface area contributed by atoms with Crippen LogP contribution in [0.2, 0.25) is 0 Å². The van der Waals surface area contributed by atoms with E-state index in [0.29, 0.717) is 5.56 Å². The van der Waals surface area contributed by atoms with Crippen molar-refractivity contribution in [2.45, 2.75) is 32.6 Å². The van der Waals surface area contributed by atoms with Crippen molar-refractivity contribution in [3.05, 3.63) is 157 Å². The molecule has 0 atom stereocenters. The molecule has 0 saturated carbocycles. The summed E-state index contributed by atoms with van der Waals surface area (Å²) in [6.45, 7) is 2.28. The van der Waals surface area contributed by atoms with Gasteiger partial charge in [0.2, 0.25) is 0 Å². The van der Waals surface area contributed by atoms with Gasteiger partial charge in [0.25, 0.3) is 0 Å². The van der Waals surface area contributed by atoms with Gasteiger partial charge in [0.15, 0.2) is 0 Å². The number of rotatable bonds is 7. The van der Waals surface area contributed by atoms with Crippen molar-refractivity contribution < 1.29 is 0 Å². The Hall–Kier alpha value is -5.97. The zero-order valence-electron chi connectivity index (χ0n) is 27.6. The number of unbranched alkanes of at least 4 members (excludes halogenated alkanes) is 2. The fourth-order valence-electron chi connectivity index (χ4n) is 8.37. The molecule has 9 rings (SSSR count). The maximum absolute atomic E-state index is 9.75. The minimum Gasteiger partial charge on any atom is -0.192 e. The van der Waals surface area contributed by atoms with Crippen LogP contribution >= 0.6 is 0 Å². The van der Waals surface area contributed by atoms with Crippen molar-refractivity contribution in [2.24, 2.45) is 0 Å². The van der Waals surface area contributed by atoms with Gasteiger partial charge >= 0.3 is 0 Å². The SMILES string of the molecule is CCCCCc1c(-c2ccc(C#N)cc2)c(-c2ccccc2)c2c(c1-c1ccccc1)-c1cc3ccccc3c3c1c-2cc1ccccc13. The lowest BCUT2D eigenvalue weighted by Gasteiger charge is -2.26. The van der Waals surface area contributed by atoms with E-state index in [0.717, 1.165) is 24.8 Å². The molecular weight excluding hydrogens is 591 g/mol. The summed E-state index contributed by atoms with van der Waals surface area (Å²) in [6, 6.07) is 55.4. The van der Waals surface area contributed by atoms with Crippen LogP contribution in [0.5, 0.6) is 0 Å². The second-order valence-electron chi connectivity index (χ2n) is 13.3. The molecule has 0 amide bonds. The van der Waals surface area contributed by atoms with Gasteiger partial charge in [0.1, 0.15) is 0 Å². The molecule has 1 aliphatic rings. The Morgan fingerprint density at radius 1 is 0.469 bits per heavy atom. The highest BCUT2D eigenvalue weighted by atomic mass is 14.4. The highest BCUT2D eigenvalue weighted by Crippen LogP contribution is 2.60. The van der Waals surface area contributed by atoms with Gasteiger partial charge in [-0.25, -0.2) is 0 Å². The van der Waals surface area contributed by atoms with Crippen LogP contribution in [0, 0.1) is 11.3 Å². The minimum absolute atomic E-state index is 0.678. The third kappa shape index (κ3) is 4.60. The topological polar surface area (TPSA) is 23.8 Å². The standard InChI is InChI=1S/C48H35N/c1-2-3-6-23-39-42(34-26-24-31(30-49)25-27-34)44(33-17-9-5-10-18-33)48-41-29-36-20-12-14-22-38(36)45-37-21-13-11-19-35(37)28-40(46(41)45)47(48)43(39)32-15-7-4-8-16-32/h4-5,7-22,24-29H,2-3,6,23H2,1H3. The second-order valence-corrected chi connectivity index (χ2v) is 13.3. The maximum Gasteiger partial charge on any atom is 0.0991 e. The normalized spacial score (nSPS) is 11.7. The second kappa shape index (κ2) is 11.9. The van der Waals surface area contributed by atoms with Crippen molar-refractivity contribution in [1.82, 2.24) is 0 Å². The van der Waals surface area contributed by atoms with E-state index in [-0.39, 0.29) is 0 Å². The number of benzene rings is 8. The van der Waals surface area contributed by atoms with E-state index in [9.17, 15) is 5.26 Å². The molecule has 1 aliphatic carbocycles. The van der Waals surface area contributed by atoms with Crippen LogP contribution in [0.25, 0.3) is 88.0 Å². The lowest BCUT2D eigenvalue weighted by Crippen LogP contribution is -2.02. The van der Waals surface area contributed by atoms with Gasteiger partial charge in [-0.1, -0.05) is 141 Å². The van der Waals surface area contributed by atoms with Crippen molar-refractivity contribution >= 4 is 32.3 Å². The molecule has 0 heterocycles. The number of hydrogen-bond acceptors (Lipinski definition) is 1. The van der Waals surface area contributed by atoms with E-state index in [1.807, 2.05) is 12.1 Å². The zero-order chi connectivity index (χ0) is 32.9. The summed E-state index contributed by atoms with van der Waals surface area (Å²) in [5.74, 6) is 0. The number of nitriles is 1. The van der Waals surface area contributed by atoms with Gasteiger partial charge in [0.05, 0.1) is 11.6 Å². The molecule has 1 heteroatoms. The molecule has 0 fully saturated rings. The predicted octanol–water partition coefficient (Wildman–Crippen LogP) is 13.4. The maximum atomic E-state index is 9.75. The number of fused-ring (bicyclic) bond motifs is 7. The molecule has 0 unspecified atom stereocenters. The summed E-state index contributed by atoms with van der Waals surface area (Å²) in [6.07, 6.45) is 4.41. The lowest BCUT2D eigenvalue weighted by atomic mass is 9.77. The molecule has 0 N–H and O–H groups in total. The van der Waals surface area contributed by atoms with Crippen LogP contribution in [-0.2, 0) is 6.42 Å². The largest absolute Gasteiger partial charge is 0.192 e. The van der Waals surface area contributed by atoms with Crippen LogP contribution in [0.3, 0.4) is 0 Å². The van der Waals surface area contributed by atoms with Crippen molar-refractivity contribution in [3.8, 4) is 61.7 Å². The molecule has 8 aromatic carbocycles. The molecule has 8 aromatic rings. The van der Waals surface area contributed by atoms with E-state index in [1.54, 1.807) is 0 Å². The smallest absolute Gasteiger partial charge is 0.0991 e. The summed E-state index contributed by atoms with van der Waals surface area (Å²) in [5, 5.41) is 17.6. The summed E-state index contributed by atoms with van der Waals surface area (Å²) >= 11 is 0. The molecule has 1 nitrogen and oxygen atoms in total. The first-order chi connectivity index (χ1) is 24.3. The Morgan fingerprint density at radius 3 is 1.53 bits per heavy atom. The Balaban J connectivity index is 1.56. The van der Waals surface area contributed by atoms with Gasteiger partial charge < -0.3 is 0 Å². The summed E-state index contributed by atoms with van der Waals surface area (Å²) < 4.78 is 0. The van der Waals surface area contributed by atoms with E-state index in [4.69, 9.17) is 0 Å². The third-order valence-electron chi connectivity index (χ3n) is 10.4. The van der Waals surface area contributed by atoms with Gasteiger partial charge in [-0.15, -0.1) is 0 Å². The molecular formula is C48H35N. The Bertz CT molecular complexity index is 2570. The monoisotopic (exact) mass is 625 g/mol. The van der Waals surface area contributed by atoms with Gasteiger partial charge in [-0.05, 0) is 131 Å². The average Bonchev–Trinajstić information content (AvgIpc) is 3.48. The quantitative estimate of drug-likeness (QED) is 0.128. The van der Waals surface area contributed by atoms with E-state index in [1.165, 1.54) is 94.4 Å². The summed E-state index contributed by atoms with van der Waals surface area (Å²) in [7, 11) is 0. The van der Waals surface area contributed by atoms with Gasteiger partial charge in [0, 0.05) is 0 Å². The molecule has 0 bridgehead atoms. The fourth-order valence-corrected chi connectivity index (χ4v) is 8.37. The van der Waals surface area contributed by atoms with E-state index < -0.39 is 0 Å². The van der Waals surface area contributed by atoms with Crippen LogP contribution < -0.4 is 0 Å². The summed E-state index contributed by atoms with van der Waals surface area (Å²) in [4.78, 5) is 0.